The molecule has 2 rings (SSSR count). The second kappa shape index (κ2) is 5.44. The molecule has 0 fully saturated rings. The van der Waals surface area contributed by atoms with Crippen molar-refractivity contribution in [2.24, 2.45) is 0 Å². The van der Waals surface area contributed by atoms with Crippen molar-refractivity contribution in [2.45, 2.75) is 12.7 Å². The average Bonchev–Trinajstić information content (AvgIpc) is 2.36. The third kappa shape index (κ3) is 3.82. The quantitative estimate of drug-likeness (QED) is 0.934. The number of alkyl halides is 3. The number of rotatable bonds is 3. The van der Waals surface area contributed by atoms with Crippen LogP contribution in [0.1, 0.15) is 11.4 Å². The Labute approximate surface area is 112 Å². The summed E-state index contributed by atoms with van der Waals surface area (Å²) in [6.45, 7) is 0.221. The van der Waals surface area contributed by atoms with E-state index in [2.05, 4.69) is 15.3 Å². The van der Waals surface area contributed by atoms with Gasteiger partial charge in [0, 0.05) is 23.1 Å². The Morgan fingerprint density at radius 3 is 2.42 bits per heavy atom. The monoisotopic (exact) mass is 287 g/mol. The fourth-order valence-electron chi connectivity index (χ4n) is 1.46. The van der Waals surface area contributed by atoms with Gasteiger partial charge in [-0.3, -0.25) is 0 Å². The van der Waals surface area contributed by atoms with Gasteiger partial charge in [-0.1, -0.05) is 11.6 Å². The van der Waals surface area contributed by atoms with Crippen molar-refractivity contribution in [3.8, 4) is 0 Å². The molecule has 0 spiro atoms. The summed E-state index contributed by atoms with van der Waals surface area (Å²) >= 11 is 5.67. The number of hydrogen-bond donors (Lipinski definition) is 1. The lowest BCUT2D eigenvalue weighted by Crippen LogP contribution is -2.07. The van der Waals surface area contributed by atoms with Crippen molar-refractivity contribution in [1.82, 2.24) is 9.97 Å². The minimum atomic E-state index is -4.43. The maximum atomic E-state index is 12.6. The minimum Gasteiger partial charge on any atom is -0.378 e. The van der Waals surface area contributed by atoms with Gasteiger partial charge in [-0.2, -0.15) is 13.2 Å². The summed E-state index contributed by atoms with van der Waals surface area (Å²) in [5.74, 6) is 0.482. The van der Waals surface area contributed by atoms with E-state index in [0.29, 0.717) is 5.82 Å². The minimum absolute atomic E-state index is 0.0197. The summed E-state index contributed by atoms with van der Waals surface area (Å²) < 4.78 is 37.8. The van der Waals surface area contributed by atoms with Crippen LogP contribution in [0.25, 0.3) is 0 Å². The van der Waals surface area contributed by atoms with Crippen molar-refractivity contribution < 1.29 is 13.2 Å². The lowest BCUT2D eigenvalue weighted by Gasteiger charge is -2.11. The SMILES string of the molecule is FC(F)(F)c1cc(Cl)cc(NCc2ncccn2)c1. The van der Waals surface area contributed by atoms with E-state index in [0.717, 1.165) is 12.1 Å². The Morgan fingerprint density at radius 2 is 1.79 bits per heavy atom. The molecule has 0 bridgehead atoms. The van der Waals surface area contributed by atoms with E-state index in [1.54, 1.807) is 18.5 Å². The fourth-order valence-corrected chi connectivity index (χ4v) is 1.69. The van der Waals surface area contributed by atoms with E-state index >= 15 is 0 Å². The third-order valence-electron chi connectivity index (χ3n) is 2.29. The predicted molar refractivity (Wildman–Crippen MR) is 65.8 cm³/mol. The Hall–Kier alpha value is -1.82. The average molecular weight is 288 g/mol. The van der Waals surface area contributed by atoms with E-state index in [4.69, 9.17) is 11.6 Å². The van der Waals surface area contributed by atoms with Crippen molar-refractivity contribution in [2.75, 3.05) is 5.32 Å². The molecule has 0 atom stereocenters. The summed E-state index contributed by atoms with van der Waals surface area (Å²) in [7, 11) is 0. The van der Waals surface area contributed by atoms with Gasteiger partial charge in [0.15, 0.2) is 0 Å². The molecule has 0 radical (unpaired) electrons. The Morgan fingerprint density at radius 1 is 1.11 bits per heavy atom. The molecule has 0 saturated heterocycles. The van der Waals surface area contributed by atoms with Gasteiger partial charge in [-0.05, 0) is 24.3 Å². The standard InChI is InChI=1S/C12H9ClF3N3/c13-9-4-8(12(14,15)16)5-10(6-9)19-7-11-17-2-1-3-18-11/h1-6,19H,7H2. The third-order valence-corrected chi connectivity index (χ3v) is 2.51. The summed E-state index contributed by atoms with van der Waals surface area (Å²) in [5.41, 5.74) is -0.524. The van der Waals surface area contributed by atoms with E-state index in [9.17, 15) is 13.2 Å². The molecule has 100 valence electrons. The van der Waals surface area contributed by atoms with E-state index < -0.39 is 11.7 Å². The zero-order chi connectivity index (χ0) is 13.9. The van der Waals surface area contributed by atoms with Crippen molar-refractivity contribution in [3.05, 3.63) is 53.1 Å². The van der Waals surface area contributed by atoms with E-state index in [-0.39, 0.29) is 17.3 Å². The maximum Gasteiger partial charge on any atom is 0.416 e. The molecular formula is C12H9ClF3N3. The summed E-state index contributed by atoms with van der Waals surface area (Å²) in [4.78, 5) is 7.92. The smallest absolute Gasteiger partial charge is 0.378 e. The van der Waals surface area contributed by atoms with Crippen LogP contribution in [0, 0.1) is 0 Å². The van der Waals surface area contributed by atoms with Gasteiger partial charge >= 0.3 is 6.18 Å². The molecule has 0 aliphatic carbocycles. The first kappa shape index (κ1) is 13.6. The highest BCUT2D eigenvalue weighted by Crippen LogP contribution is 2.33. The first-order valence-electron chi connectivity index (χ1n) is 5.33. The highest BCUT2D eigenvalue weighted by Gasteiger charge is 2.31. The van der Waals surface area contributed by atoms with Gasteiger partial charge in [0.05, 0.1) is 12.1 Å². The van der Waals surface area contributed by atoms with Crippen LogP contribution in [0.3, 0.4) is 0 Å². The highest BCUT2D eigenvalue weighted by molar-refractivity contribution is 6.30. The number of aromatic nitrogens is 2. The van der Waals surface area contributed by atoms with Crippen molar-refractivity contribution in [1.29, 1.82) is 0 Å². The molecule has 0 aliphatic heterocycles. The molecule has 19 heavy (non-hydrogen) atoms. The second-order valence-corrected chi connectivity index (χ2v) is 4.18. The zero-order valence-corrected chi connectivity index (χ0v) is 10.3. The Kier molecular flexibility index (Phi) is 3.90. The molecule has 1 heterocycles. The fraction of sp³-hybridized carbons (Fsp3) is 0.167. The number of nitrogens with one attached hydrogen (secondary N) is 1. The number of hydrogen-bond acceptors (Lipinski definition) is 3. The molecule has 1 aromatic heterocycles. The van der Waals surface area contributed by atoms with Gasteiger partial charge in [0.25, 0.3) is 0 Å². The second-order valence-electron chi connectivity index (χ2n) is 3.74. The lowest BCUT2D eigenvalue weighted by atomic mass is 10.2. The van der Waals surface area contributed by atoms with Crippen molar-refractivity contribution in [3.63, 3.8) is 0 Å². The van der Waals surface area contributed by atoms with Crippen LogP contribution in [-0.4, -0.2) is 9.97 Å². The van der Waals surface area contributed by atoms with Crippen LogP contribution in [0.2, 0.25) is 5.02 Å². The molecule has 0 saturated carbocycles. The largest absolute Gasteiger partial charge is 0.416 e. The molecule has 0 amide bonds. The summed E-state index contributed by atoms with van der Waals surface area (Å²) in [6.07, 6.45) is -1.31. The molecule has 7 heteroatoms. The van der Waals surface area contributed by atoms with E-state index in [1.807, 2.05) is 0 Å². The van der Waals surface area contributed by atoms with Crippen LogP contribution in [0.5, 0.6) is 0 Å². The number of anilines is 1. The van der Waals surface area contributed by atoms with Crippen molar-refractivity contribution >= 4 is 17.3 Å². The lowest BCUT2D eigenvalue weighted by molar-refractivity contribution is -0.137. The number of benzene rings is 1. The Bertz CT molecular complexity index is 558. The Balaban J connectivity index is 2.15. The summed E-state index contributed by atoms with van der Waals surface area (Å²) in [5, 5.41) is 2.82. The molecule has 1 N–H and O–H groups in total. The maximum absolute atomic E-state index is 12.6. The van der Waals surface area contributed by atoms with Gasteiger partial charge < -0.3 is 5.32 Å². The summed E-state index contributed by atoms with van der Waals surface area (Å²) in [6, 6.07) is 4.95. The molecule has 1 aromatic carbocycles. The normalized spacial score (nSPS) is 11.4. The van der Waals surface area contributed by atoms with Crippen LogP contribution in [-0.2, 0) is 12.7 Å². The van der Waals surface area contributed by atoms with Crippen LogP contribution in [0.4, 0.5) is 18.9 Å². The topological polar surface area (TPSA) is 37.8 Å². The first-order chi connectivity index (χ1) is 8.95. The molecule has 2 aromatic rings. The van der Waals surface area contributed by atoms with E-state index in [1.165, 1.54) is 6.07 Å². The van der Waals surface area contributed by atoms with Gasteiger partial charge in [-0.15, -0.1) is 0 Å². The van der Waals surface area contributed by atoms with Crippen LogP contribution >= 0.6 is 11.6 Å². The molecular weight excluding hydrogens is 279 g/mol. The molecule has 0 unspecified atom stereocenters. The van der Waals surface area contributed by atoms with Crippen LogP contribution < -0.4 is 5.32 Å². The zero-order valence-electron chi connectivity index (χ0n) is 9.58. The van der Waals surface area contributed by atoms with Gasteiger partial charge in [0.2, 0.25) is 0 Å². The molecule has 3 nitrogen and oxygen atoms in total. The van der Waals surface area contributed by atoms with Crippen LogP contribution in [0.15, 0.2) is 36.7 Å². The van der Waals surface area contributed by atoms with Gasteiger partial charge in [-0.25, -0.2) is 9.97 Å². The number of halogens is 4. The highest BCUT2D eigenvalue weighted by atomic mass is 35.5. The van der Waals surface area contributed by atoms with Gasteiger partial charge in [0.1, 0.15) is 5.82 Å². The predicted octanol–water partition coefficient (Wildman–Crippen LogP) is 3.76. The molecule has 0 aliphatic rings. The first-order valence-corrected chi connectivity index (χ1v) is 5.70. The number of nitrogens with zero attached hydrogens (tertiary/aromatic N) is 2.